The number of nitrogens with one attached hydrogen (secondary N) is 2. The minimum atomic E-state index is -0.255. The van der Waals surface area contributed by atoms with E-state index in [-0.39, 0.29) is 6.03 Å². The molecule has 0 aliphatic rings. The topological polar surface area (TPSA) is 54.0 Å². The van der Waals surface area contributed by atoms with Crippen LogP contribution in [0.5, 0.6) is 0 Å². The molecule has 0 atom stereocenters. The number of nitrogens with zero attached hydrogens (tertiary/aromatic N) is 1. The van der Waals surface area contributed by atoms with Gasteiger partial charge in [0.25, 0.3) is 0 Å². The number of aromatic nitrogens is 1. The summed E-state index contributed by atoms with van der Waals surface area (Å²) in [6.45, 7) is 0.568. The third kappa shape index (κ3) is 4.94. The van der Waals surface area contributed by atoms with E-state index >= 15 is 0 Å². The van der Waals surface area contributed by atoms with Gasteiger partial charge in [-0.1, -0.05) is 28.1 Å². The second kappa shape index (κ2) is 7.40. The van der Waals surface area contributed by atoms with Crippen LogP contribution in [-0.4, -0.2) is 17.6 Å². The highest BCUT2D eigenvalue weighted by molar-refractivity contribution is 9.10. The first-order chi connectivity index (χ1) is 9.63. The minimum absolute atomic E-state index is 0.255. The fourth-order valence-electron chi connectivity index (χ4n) is 1.62. The summed E-state index contributed by atoms with van der Waals surface area (Å²) in [5.74, 6) is 0.521. The molecule has 0 saturated heterocycles. The monoisotopic (exact) mass is 397 g/mol. The molecular formula is C14H13Br2N3O. The van der Waals surface area contributed by atoms with Crippen molar-refractivity contribution in [3.8, 4) is 0 Å². The molecule has 0 fully saturated rings. The zero-order valence-corrected chi connectivity index (χ0v) is 13.7. The van der Waals surface area contributed by atoms with Gasteiger partial charge in [0.15, 0.2) is 0 Å². The molecule has 0 saturated carbocycles. The zero-order chi connectivity index (χ0) is 14.4. The molecule has 4 nitrogen and oxygen atoms in total. The highest BCUT2D eigenvalue weighted by atomic mass is 79.9. The predicted octanol–water partition coefficient (Wildman–Crippen LogP) is 3.97. The van der Waals surface area contributed by atoms with Gasteiger partial charge in [-0.2, -0.15) is 0 Å². The number of hydrogen-bond donors (Lipinski definition) is 2. The van der Waals surface area contributed by atoms with Crippen molar-refractivity contribution in [2.75, 3.05) is 11.9 Å². The number of pyridine rings is 1. The Morgan fingerprint density at radius 2 is 2.00 bits per heavy atom. The molecule has 2 amide bonds. The van der Waals surface area contributed by atoms with Gasteiger partial charge >= 0.3 is 6.03 Å². The van der Waals surface area contributed by atoms with E-state index in [1.807, 2.05) is 30.3 Å². The number of urea groups is 1. The Morgan fingerprint density at radius 3 is 2.70 bits per heavy atom. The first-order valence-corrected chi connectivity index (χ1v) is 7.63. The molecule has 2 N–H and O–H groups in total. The average Bonchev–Trinajstić information content (AvgIpc) is 2.41. The molecular weight excluding hydrogens is 386 g/mol. The first kappa shape index (κ1) is 15.0. The number of rotatable bonds is 4. The summed E-state index contributed by atoms with van der Waals surface area (Å²) in [6, 6.07) is 11.3. The van der Waals surface area contributed by atoms with Gasteiger partial charge in [-0.25, -0.2) is 9.78 Å². The second-order valence-corrected chi connectivity index (χ2v) is 5.95. The molecule has 1 aromatic heterocycles. The molecule has 6 heteroatoms. The number of carbonyl (C=O) groups is 1. The molecule has 20 heavy (non-hydrogen) atoms. The van der Waals surface area contributed by atoms with E-state index in [2.05, 4.69) is 47.5 Å². The van der Waals surface area contributed by atoms with E-state index in [4.69, 9.17) is 0 Å². The molecule has 104 valence electrons. The zero-order valence-electron chi connectivity index (χ0n) is 10.6. The largest absolute Gasteiger partial charge is 0.337 e. The lowest BCUT2D eigenvalue weighted by atomic mass is 10.1. The highest BCUT2D eigenvalue weighted by Gasteiger charge is 2.02. The van der Waals surface area contributed by atoms with Crippen LogP contribution in [0.25, 0.3) is 0 Å². The lowest BCUT2D eigenvalue weighted by molar-refractivity contribution is 0.252. The Kier molecular flexibility index (Phi) is 5.55. The molecule has 1 heterocycles. The molecule has 0 spiro atoms. The van der Waals surface area contributed by atoms with Crippen LogP contribution in [-0.2, 0) is 6.42 Å². The van der Waals surface area contributed by atoms with Gasteiger partial charge in [0.05, 0.1) is 0 Å². The third-order valence-corrected chi connectivity index (χ3v) is 3.52. The Labute approximate surface area is 134 Å². The Bertz CT molecular complexity index is 587. The summed E-state index contributed by atoms with van der Waals surface area (Å²) in [5, 5.41) is 5.47. The van der Waals surface area contributed by atoms with Gasteiger partial charge in [-0.05, 0) is 52.2 Å². The maximum absolute atomic E-state index is 11.7. The van der Waals surface area contributed by atoms with Crippen LogP contribution in [0.4, 0.5) is 10.6 Å². The number of hydrogen-bond acceptors (Lipinski definition) is 2. The summed E-state index contributed by atoms with van der Waals surface area (Å²) in [6.07, 6.45) is 2.41. The molecule has 0 radical (unpaired) electrons. The van der Waals surface area contributed by atoms with Gasteiger partial charge in [-0.15, -0.1) is 0 Å². The number of halogens is 2. The van der Waals surface area contributed by atoms with Gasteiger partial charge in [0, 0.05) is 21.7 Å². The quantitative estimate of drug-likeness (QED) is 0.818. The van der Waals surface area contributed by atoms with E-state index < -0.39 is 0 Å². The molecule has 0 unspecified atom stereocenters. The van der Waals surface area contributed by atoms with E-state index in [0.717, 1.165) is 15.4 Å². The summed E-state index contributed by atoms with van der Waals surface area (Å²) >= 11 is 6.71. The van der Waals surface area contributed by atoms with Gasteiger partial charge < -0.3 is 5.32 Å². The maximum Gasteiger partial charge on any atom is 0.320 e. The van der Waals surface area contributed by atoms with Crippen LogP contribution >= 0.6 is 31.9 Å². The maximum atomic E-state index is 11.7. The van der Waals surface area contributed by atoms with Crippen LogP contribution in [0.1, 0.15) is 5.56 Å². The summed E-state index contributed by atoms with van der Waals surface area (Å²) in [7, 11) is 0. The van der Waals surface area contributed by atoms with Crippen molar-refractivity contribution < 1.29 is 4.79 Å². The van der Waals surface area contributed by atoms with E-state index in [1.54, 1.807) is 12.3 Å². The van der Waals surface area contributed by atoms with E-state index in [1.165, 1.54) is 5.56 Å². The fourth-order valence-corrected chi connectivity index (χ4v) is 2.30. The van der Waals surface area contributed by atoms with Crippen molar-refractivity contribution in [2.24, 2.45) is 0 Å². The van der Waals surface area contributed by atoms with Crippen molar-refractivity contribution in [1.82, 2.24) is 10.3 Å². The second-order valence-electron chi connectivity index (χ2n) is 4.12. The lowest BCUT2D eigenvalue weighted by Gasteiger charge is -2.07. The highest BCUT2D eigenvalue weighted by Crippen LogP contribution is 2.12. The summed E-state index contributed by atoms with van der Waals surface area (Å²) < 4.78 is 1.91. The van der Waals surface area contributed by atoms with E-state index in [9.17, 15) is 4.79 Å². The lowest BCUT2D eigenvalue weighted by Crippen LogP contribution is -2.30. The molecule has 0 aliphatic heterocycles. The van der Waals surface area contributed by atoms with Crippen LogP contribution in [0, 0.1) is 0 Å². The van der Waals surface area contributed by atoms with Crippen LogP contribution < -0.4 is 10.6 Å². The molecule has 0 bridgehead atoms. The number of benzene rings is 1. The Hall–Kier alpha value is -1.40. The van der Waals surface area contributed by atoms with Gasteiger partial charge in [-0.3, -0.25) is 5.32 Å². The number of anilines is 1. The predicted molar refractivity (Wildman–Crippen MR) is 86.8 cm³/mol. The van der Waals surface area contributed by atoms with E-state index in [0.29, 0.717) is 12.4 Å². The van der Waals surface area contributed by atoms with Crippen molar-refractivity contribution in [3.63, 3.8) is 0 Å². The average molecular weight is 399 g/mol. The molecule has 1 aromatic carbocycles. The number of amides is 2. The van der Waals surface area contributed by atoms with Gasteiger partial charge in [0.1, 0.15) is 5.82 Å². The number of carbonyl (C=O) groups excluding carboxylic acids is 1. The van der Waals surface area contributed by atoms with Crippen molar-refractivity contribution in [3.05, 3.63) is 57.1 Å². The smallest absolute Gasteiger partial charge is 0.320 e. The molecule has 2 aromatic rings. The van der Waals surface area contributed by atoms with Crippen molar-refractivity contribution in [1.29, 1.82) is 0 Å². The van der Waals surface area contributed by atoms with Crippen LogP contribution in [0.15, 0.2) is 51.5 Å². The Morgan fingerprint density at radius 1 is 1.15 bits per heavy atom. The normalized spacial score (nSPS) is 10.1. The SMILES string of the molecule is O=C(NCCc1cccc(Br)c1)Nc1ccc(Br)cn1. The van der Waals surface area contributed by atoms with Crippen molar-refractivity contribution >= 4 is 43.7 Å². The fraction of sp³-hybridized carbons (Fsp3) is 0.143. The van der Waals surface area contributed by atoms with Gasteiger partial charge in [0.2, 0.25) is 0 Å². The standard InChI is InChI=1S/C14H13Br2N3O/c15-11-3-1-2-10(8-11)6-7-17-14(20)19-13-5-4-12(16)9-18-13/h1-5,8-9H,6-7H2,(H2,17,18,19,20). The first-order valence-electron chi connectivity index (χ1n) is 6.04. The van der Waals surface area contributed by atoms with Crippen LogP contribution in [0.3, 0.4) is 0 Å². The molecule has 2 rings (SSSR count). The van der Waals surface area contributed by atoms with Crippen LogP contribution in [0.2, 0.25) is 0 Å². The molecule has 0 aliphatic carbocycles. The van der Waals surface area contributed by atoms with Crippen molar-refractivity contribution in [2.45, 2.75) is 6.42 Å². The summed E-state index contributed by atoms with van der Waals surface area (Å²) in [5.41, 5.74) is 1.17. The Balaban J connectivity index is 1.76. The summed E-state index contributed by atoms with van der Waals surface area (Å²) in [4.78, 5) is 15.7. The third-order valence-electron chi connectivity index (χ3n) is 2.56. The minimum Gasteiger partial charge on any atom is -0.337 e.